The maximum atomic E-state index is 11.4. The number of nitrogens with one attached hydrogen (secondary N) is 1. The standard InChI is InChI=1S/C30H34N4O6/c1-21(36)31-25-8-6-24(7-9-25)30-39-28(18-29(40-30)23-4-2-22(20-35)3-5-23)19-32-14-16-33(17-15-32)26-10-12-27(13-11-26)34(37)38/h2-13,28-30,35H,14-20H2,1H3,(H,31,36). The van der Waals surface area contributed by atoms with Gasteiger partial charge in [-0.3, -0.25) is 19.8 Å². The Labute approximate surface area is 233 Å². The van der Waals surface area contributed by atoms with Crippen molar-refractivity contribution in [2.24, 2.45) is 0 Å². The highest BCUT2D eigenvalue weighted by molar-refractivity contribution is 5.88. The highest BCUT2D eigenvalue weighted by atomic mass is 16.7. The zero-order valence-electron chi connectivity index (χ0n) is 22.4. The molecule has 0 aliphatic carbocycles. The monoisotopic (exact) mass is 546 g/mol. The van der Waals surface area contributed by atoms with Gasteiger partial charge >= 0.3 is 0 Å². The lowest BCUT2D eigenvalue weighted by Crippen LogP contribution is -2.49. The second-order valence-corrected chi connectivity index (χ2v) is 10.2. The van der Waals surface area contributed by atoms with Crippen LogP contribution in [0.1, 0.15) is 42.4 Å². The Hall–Kier alpha value is -3.83. The van der Waals surface area contributed by atoms with Crippen molar-refractivity contribution in [3.63, 3.8) is 0 Å². The fraction of sp³-hybridized carbons (Fsp3) is 0.367. The molecule has 3 aromatic carbocycles. The minimum absolute atomic E-state index is 0.00728. The first-order valence-electron chi connectivity index (χ1n) is 13.5. The number of aliphatic hydroxyl groups excluding tert-OH is 1. The SMILES string of the molecule is CC(=O)Nc1ccc(C2OC(CN3CCN(c4ccc([N+](=O)[O-])cc4)CC3)CC(c3ccc(CO)cc3)O2)cc1. The van der Waals surface area contributed by atoms with E-state index in [0.717, 1.165) is 55.1 Å². The topological polar surface area (TPSA) is 117 Å². The fourth-order valence-corrected chi connectivity index (χ4v) is 5.22. The number of nitrogens with zero attached hydrogens (tertiary/aromatic N) is 3. The van der Waals surface area contributed by atoms with Gasteiger partial charge in [-0.05, 0) is 35.4 Å². The molecule has 10 heteroatoms. The second kappa shape index (κ2) is 12.6. The van der Waals surface area contributed by atoms with Crippen LogP contribution in [0.25, 0.3) is 0 Å². The number of non-ortho nitro benzene ring substituents is 1. The van der Waals surface area contributed by atoms with E-state index in [0.29, 0.717) is 12.1 Å². The lowest BCUT2D eigenvalue weighted by molar-refractivity contribution is -0.384. The Morgan fingerprint density at radius 3 is 2.20 bits per heavy atom. The lowest BCUT2D eigenvalue weighted by atomic mass is 9.99. The quantitative estimate of drug-likeness (QED) is 0.315. The number of piperazine rings is 1. The van der Waals surface area contributed by atoms with Crippen LogP contribution in [0.5, 0.6) is 0 Å². The summed E-state index contributed by atoms with van der Waals surface area (Å²) < 4.78 is 12.9. The van der Waals surface area contributed by atoms with Crippen LogP contribution in [0.15, 0.2) is 72.8 Å². The molecule has 40 heavy (non-hydrogen) atoms. The molecule has 2 N–H and O–H groups in total. The molecule has 2 aliphatic heterocycles. The average Bonchev–Trinajstić information content (AvgIpc) is 2.97. The molecule has 3 unspecified atom stereocenters. The number of benzene rings is 3. The van der Waals surface area contributed by atoms with E-state index in [9.17, 15) is 20.0 Å². The van der Waals surface area contributed by atoms with Crippen molar-refractivity contribution in [1.29, 1.82) is 0 Å². The molecule has 3 atom stereocenters. The number of carbonyl (C=O) groups is 1. The smallest absolute Gasteiger partial charge is 0.269 e. The van der Waals surface area contributed by atoms with Crippen molar-refractivity contribution in [1.82, 2.24) is 4.90 Å². The number of ether oxygens (including phenoxy) is 2. The maximum absolute atomic E-state index is 11.4. The van der Waals surface area contributed by atoms with Crippen molar-refractivity contribution in [2.45, 2.75) is 38.4 Å². The molecule has 0 bridgehead atoms. The van der Waals surface area contributed by atoms with Crippen molar-refractivity contribution in [3.8, 4) is 0 Å². The molecule has 0 radical (unpaired) electrons. The van der Waals surface area contributed by atoms with Crippen LogP contribution in [0.3, 0.4) is 0 Å². The molecule has 5 rings (SSSR count). The molecule has 210 valence electrons. The van der Waals surface area contributed by atoms with E-state index in [4.69, 9.17) is 9.47 Å². The fourth-order valence-electron chi connectivity index (χ4n) is 5.22. The van der Waals surface area contributed by atoms with Gasteiger partial charge in [0.15, 0.2) is 6.29 Å². The average molecular weight is 547 g/mol. The summed E-state index contributed by atoms with van der Waals surface area (Å²) in [6, 6.07) is 22.0. The largest absolute Gasteiger partial charge is 0.392 e. The van der Waals surface area contributed by atoms with Crippen LogP contribution in [0.2, 0.25) is 0 Å². The van der Waals surface area contributed by atoms with Gasteiger partial charge in [-0.1, -0.05) is 36.4 Å². The first-order valence-corrected chi connectivity index (χ1v) is 13.5. The molecule has 0 aromatic heterocycles. The van der Waals surface area contributed by atoms with E-state index >= 15 is 0 Å². The number of rotatable bonds is 8. The van der Waals surface area contributed by atoms with E-state index in [1.165, 1.54) is 6.92 Å². The normalized spacial score (nSPS) is 21.6. The zero-order valence-corrected chi connectivity index (χ0v) is 22.4. The molecule has 1 amide bonds. The van der Waals surface area contributed by atoms with Crippen LogP contribution in [-0.2, 0) is 20.9 Å². The first kappa shape index (κ1) is 27.7. The van der Waals surface area contributed by atoms with Crippen molar-refractivity contribution in [2.75, 3.05) is 42.9 Å². The number of anilines is 2. The molecule has 2 fully saturated rings. The summed E-state index contributed by atoms with van der Waals surface area (Å²) in [5.74, 6) is -0.127. The van der Waals surface area contributed by atoms with Gasteiger partial charge in [0.2, 0.25) is 5.91 Å². The molecule has 10 nitrogen and oxygen atoms in total. The van der Waals surface area contributed by atoms with E-state index in [2.05, 4.69) is 15.1 Å². The summed E-state index contributed by atoms with van der Waals surface area (Å²) in [5.41, 5.74) is 4.56. The number of carbonyl (C=O) groups excluding carboxylic acids is 1. The lowest BCUT2D eigenvalue weighted by Gasteiger charge is -2.41. The summed E-state index contributed by atoms with van der Waals surface area (Å²) in [5, 5.41) is 23.2. The Morgan fingerprint density at radius 2 is 1.60 bits per heavy atom. The molecule has 3 aromatic rings. The van der Waals surface area contributed by atoms with Gasteiger partial charge in [0.05, 0.1) is 23.7 Å². The third kappa shape index (κ3) is 6.83. The van der Waals surface area contributed by atoms with Gasteiger partial charge in [-0.15, -0.1) is 0 Å². The highest BCUT2D eigenvalue weighted by Gasteiger charge is 2.33. The van der Waals surface area contributed by atoms with Gasteiger partial charge in [-0.25, -0.2) is 0 Å². The van der Waals surface area contributed by atoms with Gasteiger partial charge < -0.3 is 24.8 Å². The van der Waals surface area contributed by atoms with Gasteiger partial charge in [-0.2, -0.15) is 0 Å². The number of nitro groups is 1. The second-order valence-electron chi connectivity index (χ2n) is 10.2. The summed E-state index contributed by atoms with van der Waals surface area (Å²) in [7, 11) is 0. The third-order valence-corrected chi connectivity index (χ3v) is 7.38. The summed E-state index contributed by atoms with van der Waals surface area (Å²) >= 11 is 0. The minimum atomic E-state index is -0.561. The number of aliphatic hydroxyl groups is 1. The molecule has 0 spiro atoms. The Bertz CT molecular complexity index is 1290. The Morgan fingerprint density at radius 1 is 0.950 bits per heavy atom. The molecular formula is C30H34N4O6. The van der Waals surface area contributed by atoms with Crippen LogP contribution >= 0.6 is 0 Å². The van der Waals surface area contributed by atoms with Crippen molar-refractivity contribution < 1.29 is 24.3 Å². The van der Waals surface area contributed by atoms with Crippen LogP contribution in [0, 0.1) is 10.1 Å². The Kier molecular flexibility index (Phi) is 8.71. The van der Waals surface area contributed by atoms with E-state index in [1.807, 2.05) is 60.7 Å². The van der Waals surface area contributed by atoms with Crippen LogP contribution < -0.4 is 10.2 Å². The maximum Gasteiger partial charge on any atom is 0.269 e. The van der Waals surface area contributed by atoms with Crippen LogP contribution in [-0.4, -0.2) is 59.7 Å². The van der Waals surface area contributed by atoms with Crippen molar-refractivity contribution in [3.05, 3.63) is 99.6 Å². The Balaban J connectivity index is 1.26. The number of nitro benzene ring substituents is 1. The number of hydrogen-bond donors (Lipinski definition) is 2. The van der Waals surface area contributed by atoms with Crippen LogP contribution in [0.4, 0.5) is 17.1 Å². The van der Waals surface area contributed by atoms with E-state index < -0.39 is 6.29 Å². The zero-order chi connectivity index (χ0) is 28.1. The molecule has 2 heterocycles. The van der Waals surface area contributed by atoms with Gasteiger partial charge in [0, 0.05) is 75.1 Å². The predicted octanol–water partition coefficient (Wildman–Crippen LogP) is 4.41. The summed E-state index contributed by atoms with van der Waals surface area (Å²) in [4.78, 5) is 26.6. The summed E-state index contributed by atoms with van der Waals surface area (Å²) in [6.07, 6.45) is -0.106. The van der Waals surface area contributed by atoms with E-state index in [-0.39, 0.29) is 35.3 Å². The highest BCUT2D eigenvalue weighted by Crippen LogP contribution is 2.38. The van der Waals surface area contributed by atoms with Gasteiger partial charge in [0.25, 0.3) is 5.69 Å². The predicted molar refractivity (Wildman–Crippen MR) is 151 cm³/mol. The first-order chi connectivity index (χ1) is 19.4. The molecule has 2 aliphatic rings. The summed E-state index contributed by atoms with van der Waals surface area (Å²) in [6.45, 7) is 5.57. The molecular weight excluding hydrogens is 512 g/mol. The van der Waals surface area contributed by atoms with Crippen molar-refractivity contribution >= 4 is 23.0 Å². The van der Waals surface area contributed by atoms with Gasteiger partial charge in [0.1, 0.15) is 0 Å². The third-order valence-electron chi connectivity index (χ3n) is 7.38. The molecule has 0 saturated carbocycles. The minimum Gasteiger partial charge on any atom is -0.392 e. The number of amides is 1. The number of hydrogen-bond acceptors (Lipinski definition) is 8. The molecule has 2 saturated heterocycles. The van der Waals surface area contributed by atoms with E-state index in [1.54, 1.807) is 12.1 Å².